The normalized spacial score (nSPS) is 15.6. The van der Waals surface area contributed by atoms with Crippen molar-refractivity contribution in [2.24, 2.45) is 11.7 Å². The van der Waals surface area contributed by atoms with E-state index in [1.807, 2.05) is 24.3 Å². The first-order chi connectivity index (χ1) is 8.65. The number of carbonyl (C=O) groups excluding carboxylic acids is 1. The van der Waals surface area contributed by atoms with E-state index >= 15 is 0 Å². The fraction of sp³-hybridized carbons (Fsp3) is 0.429. The minimum absolute atomic E-state index is 0.102. The Labute approximate surface area is 113 Å². The summed E-state index contributed by atoms with van der Waals surface area (Å²) in [6.45, 7) is 0. The third kappa shape index (κ3) is 3.53. The van der Waals surface area contributed by atoms with E-state index in [1.54, 1.807) is 0 Å². The van der Waals surface area contributed by atoms with Gasteiger partial charge in [0.05, 0.1) is 0 Å². The molecule has 0 radical (unpaired) electrons. The fourth-order valence-electron chi connectivity index (χ4n) is 2.41. The van der Waals surface area contributed by atoms with Crippen molar-refractivity contribution in [2.75, 3.05) is 5.32 Å². The highest BCUT2D eigenvalue weighted by Gasteiger charge is 2.18. The van der Waals surface area contributed by atoms with Crippen LogP contribution in [0.2, 0.25) is 0 Å². The molecule has 3 N–H and O–H groups in total. The molecule has 3 nitrogen and oxygen atoms in total. The van der Waals surface area contributed by atoms with Crippen molar-refractivity contribution in [2.45, 2.75) is 32.1 Å². The molecule has 1 aliphatic rings. The van der Waals surface area contributed by atoms with Crippen LogP contribution in [0, 0.1) is 5.92 Å². The van der Waals surface area contributed by atoms with E-state index in [2.05, 4.69) is 5.32 Å². The maximum absolute atomic E-state index is 11.8. The van der Waals surface area contributed by atoms with Crippen molar-refractivity contribution in [3.05, 3.63) is 29.8 Å². The van der Waals surface area contributed by atoms with Crippen LogP contribution in [0.15, 0.2) is 24.3 Å². The average Bonchev–Trinajstić information content (AvgIpc) is 2.82. The molecule has 0 aliphatic heterocycles. The average molecular weight is 262 g/mol. The molecule has 1 fully saturated rings. The Morgan fingerprint density at radius 2 is 1.89 bits per heavy atom. The van der Waals surface area contributed by atoms with Gasteiger partial charge in [-0.25, -0.2) is 0 Å². The summed E-state index contributed by atoms with van der Waals surface area (Å²) in [6, 6.07) is 7.32. The van der Waals surface area contributed by atoms with Crippen molar-refractivity contribution in [1.29, 1.82) is 0 Å². The summed E-state index contributed by atoms with van der Waals surface area (Å²) in [6.07, 6.45) is 5.54. The van der Waals surface area contributed by atoms with Crippen molar-refractivity contribution in [3.8, 4) is 0 Å². The summed E-state index contributed by atoms with van der Waals surface area (Å²) in [5.74, 6) is 0.672. The van der Waals surface area contributed by atoms with Crippen molar-refractivity contribution in [3.63, 3.8) is 0 Å². The first-order valence-corrected chi connectivity index (χ1v) is 6.75. The Balaban J connectivity index is 1.88. The molecule has 1 amide bonds. The van der Waals surface area contributed by atoms with Gasteiger partial charge in [0.1, 0.15) is 4.99 Å². The Bertz CT molecular complexity index is 436. The lowest BCUT2D eigenvalue weighted by Crippen LogP contribution is -2.15. The largest absolute Gasteiger partial charge is 0.389 e. The predicted octanol–water partition coefficient (Wildman–Crippen LogP) is 2.84. The minimum atomic E-state index is 0.102. The van der Waals surface area contributed by atoms with Gasteiger partial charge in [0.25, 0.3) is 0 Å². The number of nitrogens with two attached hydrogens (primary N) is 1. The lowest BCUT2D eigenvalue weighted by Gasteiger charge is -2.09. The van der Waals surface area contributed by atoms with Crippen LogP contribution >= 0.6 is 12.2 Å². The molecule has 1 aromatic rings. The van der Waals surface area contributed by atoms with Crippen LogP contribution < -0.4 is 11.1 Å². The highest BCUT2D eigenvalue weighted by Crippen LogP contribution is 2.27. The van der Waals surface area contributed by atoms with Crippen LogP contribution in [0.4, 0.5) is 5.69 Å². The Morgan fingerprint density at radius 1 is 1.28 bits per heavy atom. The summed E-state index contributed by atoms with van der Waals surface area (Å²) in [5.41, 5.74) is 7.14. The molecule has 96 valence electrons. The molecule has 1 saturated carbocycles. The molecule has 0 saturated heterocycles. The number of thiocarbonyl (C=S) groups is 1. The van der Waals surface area contributed by atoms with Gasteiger partial charge >= 0.3 is 0 Å². The van der Waals surface area contributed by atoms with Gasteiger partial charge in [-0.3, -0.25) is 4.79 Å². The van der Waals surface area contributed by atoms with E-state index in [-0.39, 0.29) is 5.91 Å². The second-order valence-electron chi connectivity index (χ2n) is 4.84. The van der Waals surface area contributed by atoms with Crippen LogP contribution in [0.3, 0.4) is 0 Å². The van der Waals surface area contributed by atoms with Gasteiger partial charge in [-0.1, -0.05) is 25.1 Å². The standard InChI is InChI=1S/C14H18N2OS/c15-14(18)11-5-7-12(8-6-11)16-13(17)9-10-3-1-2-4-10/h5-8,10H,1-4,9H2,(H2,15,18)(H,16,17). The lowest BCUT2D eigenvalue weighted by molar-refractivity contribution is -0.117. The zero-order chi connectivity index (χ0) is 13.0. The summed E-state index contributed by atoms with van der Waals surface area (Å²) < 4.78 is 0. The Morgan fingerprint density at radius 3 is 2.44 bits per heavy atom. The van der Waals surface area contributed by atoms with Gasteiger partial charge in [0, 0.05) is 17.7 Å². The lowest BCUT2D eigenvalue weighted by atomic mass is 10.0. The quantitative estimate of drug-likeness (QED) is 0.820. The smallest absolute Gasteiger partial charge is 0.224 e. The number of hydrogen-bond acceptors (Lipinski definition) is 2. The van der Waals surface area contributed by atoms with Crippen molar-refractivity contribution < 1.29 is 4.79 Å². The van der Waals surface area contributed by atoms with E-state index in [4.69, 9.17) is 18.0 Å². The molecule has 0 bridgehead atoms. The summed E-state index contributed by atoms with van der Waals surface area (Å²) >= 11 is 4.88. The van der Waals surface area contributed by atoms with E-state index < -0.39 is 0 Å². The molecule has 2 rings (SSSR count). The second kappa shape index (κ2) is 5.96. The predicted molar refractivity (Wildman–Crippen MR) is 77.5 cm³/mol. The van der Waals surface area contributed by atoms with Crippen LogP contribution in [0.25, 0.3) is 0 Å². The molecule has 4 heteroatoms. The molecule has 0 aromatic heterocycles. The van der Waals surface area contributed by atoms with Gasteiger partial charge in [0.2, 0.25) is 5.91 Å². The molecular formula is C14H18N2OS. The number of carbonyl (C=O) groups is 1. The third-order valence-corrected chi connectivity index (χ3v) is 3.64. The number of anilines is 1. The molecular weight excluding hydrogens is 244 g/mol. The highest BCUT2D eigenvalue weighted by molar-refractivity contribution is 7.80. The minimum Gasteiger partial charge on any atom is -0.389 e. The van der Waals surface area contributed by atoms with E-state index in [9.17, 15) is 4.79 Å². The maximum atomic E-state index is 11.8. The van der Waals surface area contributed by atoms with E-state index in [1.165, 1.54) is 25.7 Å². The molecule has 0 spiro atoms. The van der Waals surface area contributed by atoms with E-state index in [0.29, 0.717) is 17.3 Å². The third-order valence-electron chi connectivity index (χ3n) is 3.40. The van der Waals surface area contributed by atoms with Crippen molar-refractivity contribution >= 4 is 28.8 Å². The maximum Gasteiger partial charge on any atom is 0.224 e. The molecule has 1 aliphatic carbocycles. The van der Waals surface area contributed by atoms with Crippen LogP contribution in [0.5, 0.6) is 0 Å². The molecule has 0 atom stereocenters. The van der Waals surface area contributed by atoms with Crippen LogP contribution in [-0.4, -0.2) is 10.9 Å². The van der Waals surface area contributed by atoms with Gasteiger partial charge < -0.3 is 11.1 Å². The first-order valence-electron chi connectivity index (χ1n) is 6.35. The topological polar surface area (TPSA) is 55.1 Å². The van der Waals surface area contributed by atoms with Gasteiger partial charge in [-0.05, 0) is 43.0 Å². The second-order valence-corrected chi connectivity index (χ2v) is 5.28. The SMILES string of the molecule is NC(=S)c1ccc(NC(=O)CC2CCCC2)cc1. The summed E-state index contributed by atoms with van der Waals surface area (Å²) in [7, 11) is 0. The van der Waals surface area contributed by atoms with Gasteiger partial charge in [0.15, 0.2) is 0 Å². The van der Waals surface area contributed by atoms with Crippen molar-refractivity contribution in [1.82, 2.24) is 0 Å². The highest BCUT2D eigenvalue weighted by atomic mass is 32.1. The van der Waals surface area contributed by atoms with Gasteiger partial charge in [-0.2, -0.15) is 0 Å². The number of amides is 1. The fourth-order valence-corrected chi connectivity index (χ4v) is 2.54. The molecule has 0 unspecified atom stereocenters. The summed E-state index contributed by atoms with van der Waals surface area (Å²) in [5, 5.41) is 2.91. The summed E-state index contributed by atoms with van der Waals surface area (Å²) in [4.78, 5) is 12.2. The number of hydrogen-bond donors (Lipinski definition) is 2. The van der Waals surface area contributed by atoms with E-state index in [0.717, 1.165) is 11.3 Å². The molecule has 0 heterocycles. The number of nitrogens with one attached hydrogen (secondary N) is 1. The monoisotopic (exact) mass is 262 g/mol. The zero-order valence-electron chi connectivity index (χ0n) is 10.3. The Kier molecular flexibility index (Phi) is 4.31. The van der Waals surface area contributed by atoms with Crippen LogP contribution in [-0.2, 0) is 4.79 Å². The van der Waals surface area contributed by atoms with Gasteiger partial charge in [-0.15, -0.1) is 0 Å². The molecule has 1 aromatic carbocycles. The number of benzene rings is 1. The molecule has 18 heavy (non-hydrogen) atoms. The number of rotatable bonds is 4. The Hall–Kier alpha value is -1.42. The first kappa shape index (κ1) is 13.0. The zero-order valence-corrected chi connectivity index (χ0v) is 11.1. The van der Waals surface area contributed by atoms with Crippen LogP contribution in [0.1, 0.15) is 37.7 Å².